The van der Waals surface area contributed by atoms with E-state index in [-0.39, 0.29) is 5.91 Å². The van der Waals surface area contributed by atoms with Crippen LogP contribution in [0.1, 0.15) is 18.7 Å². The van der Waals surface area contributed by atoms with Crippen LogP contribution >= 0.6 is 11.6 Å². The summed E-state index contributed by atoms with van der Waals surface area (Å²) in [7, 11) is 3.48. The quantitative estimate of drug-likeness (QED) is 0.850. The molecule has 1 aromatic heterocycles. The molecule has 5 nitrogen and oxygen atoms in total. The van der Waals surface area contributed by atoms with Crippen LogP contribution < -0.4 is 0 Å². The summed E-state index contributed by atoms with van der Waals surface area (Å²) < 4.78 is 5.17. The molecule has 0 aliphatic carbocycles. The van der Waals surface area contributed by atoms with Gasteiger partial charge in [-0.05, 0) is 18.6 Å². The lowest BCUT2D eigenvalue weighted by molar-refractivity contribution is -0.128. The van der Waals surface area contributed by atoms with Gasteiger partial charge in [0, 0.05) is 32.5 Å². The summed E-state index contributed by atoms with van der Waals surface area (Å²) in [5.41, 5.74) is 0.744. The van der Waals surface area contributed by atoms with Crippen molar-refractivity contribution in [3.05, 3.63) is 35.2 Å². The molecule has 0 spiro atoms. The Morgan fingerprint density at radius 2 is 2.10 bits per heavy atom. The number of hydrogen-bond donors (Lipinski definition) is 0. The van der Waals surface area contributed by atoms with Crippen molar-refractivity contribution in [2.75, 3.05) is 14.1 Å². The van der Waals surface area contributed by atoms with Gasteiger partial charge >= 0.3 is 0 Å². The largest absolute Gasteiger partial charge is 0.349 e. The van der Waals surface area contributed by atoms with Crippen molar-refractivity contribution >= 4 is 17.5 Å². The van der Waals surface area contributed by atoms with Gasteiger partial charge in [0.15, 0.2) is 0 Å². The molecule has 0 saturated carbocycles. The third-order valence-corrected chi connectivity index (χ3v) is 3.19. The van der Waals surface area contributed by atoms with Crippen molar-refractivity contribution in [1.82, 2.24) is 15.0 Å². The monoisotopic (exact) mass is 293 g/mol. The van der Waals surface area contributed by atoms with Crippen LogP contribution in [0.4, 0.5) is 0 Å². The van der Waals surface area contributed by atoms with Gasteiger partial charge in [0.05, 0.1) is 5.02 Å². The Morgan fingerprint density at radius 1 is 1.35 bits per heavy atom. The maximum Gasteiger partial charge on any atom is 0.226 e. The summed E-state index contributed by atoms with van der Waals surface area (Å²) in [5, 5.41) is 4.50. The minimum absolute atomic E-state index is 0.0934. The standard InChI is InChI=1S/C14H16ClN3O2/c1-18(2)13(19)9-5-8-12-16-14(17-20-12)10-6-3-4-7-11(10)15/h3-4,6-7H,5,8-9H2,1-2H3. The van der Waals surface area contributed by atoms with E-state index in [1.54, 1.807) is 25.1 Å². The van der Waals surface area contributed by atoms with Crippen molar-refractivity contribution in [1.29, 1.82) is 0 Å². The Balaban J connectivity index is 1.96. The number of amides is 1. The molecule has 106 valence electrons. The number of aryl methyl sites for hydroxylation is 1. The molecule has 0 unspecified atom stereocenters. The summed E-state index contributed by atoms with van der Waals surface area (Å²) in [5.74, 6) is 1.09. The predicted molar refractivity (Wildman–Crippen MR) is 76.4 cm³/mol. The van der Waals surface area contributed by atoms with Gasteiger partial charge in [-0.25, -0.2) is 0 Å². The first-order valence-electron chi connectivity index (χ1n) is 6.35. The molecule has 0 aliphatic heterocycles. The molecule has 0 bridgehead atoms. The number of carbonyl (C=O) groups excluding carboxylic acids is 1. The molecule has 6 heteroatoms. The van der Waals surface area contributed by atoms with E-state index in [9.17, 15) is 4.79 Å². The number of halogens is 1. The molecular weight excluding hydrogens is 278 g/mol. The van der Waals surface area contributed by atoms with Crippen LogP contribution in [0.2, 0.25) is 5.02 Å². The van der Waals surface area contributed by atoms with E-state index in [0.717, 1.165) is 5.56 Å². The molecule has 2 rings (SSSR count). The summed E-state index contributed by atoms with van der Waals surface area (Å²) in [6, 6.07) is 7.34. The number of rotatable bonds is 5. The average Bonchev–Trinajstić information content (AvgIpc) is 2.87. The summed E-state index contributed by atoms with van der Waals surface area (Å²) in [4.78, 5) is 17.3. The average molecular weight is 294 g/mol. The second-order valence-corrected chi connectivity index (χ2v) is 5.04. The minimum Gasteiger partial charge on any atom is -0.349 e. The molecule has 0 saturated heterocycles. The first-order valence-corrected chi connectivity index (χ1v) is 6.73. The van der Waals surface area contributed by atoms with Gasteiger partial charge in [0.1, 0.15) is 0 Å². The maximum atomic E-state index is 11.4. The lowest BCUT2D eigenvalue weighted by Crippen LogP contribution is -2.21. The molecule has 1 heterocycles. The van der Waals surface area contributed by atoms with E-state index < -0.39 is 0 Å². The van der Waals surface area contributed by atoms with Gasteiger partial charge in [-0.2, -0.15) is 4.98 Å². The maximum absolute atomic E-state index is 11.4. The van der Waals surface area contributed by atoms with Crippen molar-refractivity contribution in [3.63, 3.8) is 0 Å². The number of aromatic nitrogens is 2. The Morgan fingerprint density at radius 3 is 2.80 bits per heavy atom. The molecule has 0 aliphatic rings. The highest BCUT2D eigenvalue weighted by Crippen LogP contribution is 2.25. The normalized spacial score (nSPS) is 10.6. The zero-order chi connectivity index (χ0) is 14.5. The third-order valence-electron chi connectivity index (χ3n) is 2.86. The highest BCUT2D eigenvalue weighted by atomic mass is 35.5. The predicted octanol–water partition coefficient (Wildman–Crippen LogP) is 2.80. The number of nitrogens with zero attached hydrogens (tertiary/aromatic N) is 3. The van der Waals surface area contributed by atoms with Gasteiger partial charge in [-0.3, -0.25) is 4.79 Å². The second-order valence-electron chi connectivity index (χ2n) is 4.63. The zero-order valence-corrected chi connectivity index (χ0v) is 12.2. The summed E-state index contributed by atoms with van der Waals surface area (Å²) in [6.45, 7) is 0. The Labute approximate surface area is 122 Å². The minimum atomic E-state index is 0.0934. The molecule has 2 aromatic rings. The van der Waals surface area contributed by atoms with Crippen LogP contribution in [-0.2, 0) is 11.2 Å². The van der Waals surface area contributed by atoms with Gasteiger partial charge < -0.3 is 9.42 Å². The van der Waals surface area contributed by atoms with Crippen LogP contribution in [0.25, 0.3) is 11.4 Å². The van der Waals surface area contributed by atoms with Crippen LogP contribution in [0.3, 0.4) is 0 Å². The summed E-state index contributed by atoms with van der Waals surface area (Å²) in [6.07, 6.45) is 1.73. The Hall–Kier alpha value is -1.88. The van der Waals surface area contributed by atoms with E-state index in [1.165, 1.54) is 0 Å². The molecule has 1 amide bonds. The zero-order valence-electron chi connectivity index (χ0n) is 11.5. The van der Waals surface area contributed by atoms with Crippen molar-refractivity contribution in [2.45, 2.75) is 19.3 Å². The highest BCUT2D eigenvalue weighted by molar-refractivity contribution is 6.33. The first kappa shape index (κ1) is 14.5. The molecule has 20 heavy (non-hydrogen) atoms. The first-order chi connectivity index (χ1) is 9.58. The van der Waals surface area contributed by atoms with E-state index in [4.69, 9.17) is 16.1 Å². The van der Waals surface area contributed by atoms with Crippen LogP contribution in [0.5, 0.6) is 0 Å². The number of hydrogen-bond acceptors (Lipinski definition) is 4. The Bertz CT molecular complexity index is 596. The topological polar surface area (TPSA) is 59.2 Å². The van der Waals surface area contributed by atoms with Crippen LogP contribution in [-0.4, -0.2) is 35.0 Å². The van der Waals surface area contributed by atoms with E-state index >= 15 is 0 Å². The van der Waals surface area contributed by atoms with E-state index in [1.807, 2.05) is 18.2 Å². The smallest absolute Gasteiger partial charge is 0.226 e. The molecule has 1 aromatic carbocycles. The SMILES string of the molecule is CN(C)C(=O)CCCc1nc(-c2ccccc2Cl)no1. The third kappa shape index (κ3) is 3.57. The molecule has 0 radical (unpaired) electrons. The highest BCUT2D eigenvalue weighted by Gasteiger charge is 2.12. The number of carbonyl (C=O) groups is 1. The fraction of sp³-hybridized carbons (Fsp3) is 0.357. The molecule has 0 atom stereocenters. The van der Waals surface area contributed by atoms with Crippen LogP contribution in [0.15, 0.2) is 28.8 Å². The number of benzene rings is 1. The van der Waals surface area contributed by atoms with Gasteiger partial charge in [-0.15, -0.1) is 0 Å². The summed E-state index contributed by atoms with van der Waals surface area (Å²) >= 11 is 6.08. The van der Waals surface area contributed by atoms with E-state index in [2.05, 4.69) is 10.1 Å². The molecular formula is C14H16ClN3O2. The van der Waals surface area contributed by atoms with Crippen molar-refractivity contribution < 1.29 is 9.32 Å². The fourth-order valence-corrected chi connectivity index (χ4v) is 1.94. The van der Waals surface area contributed by atoms with Crippen molar-refractivity contribution in [3.8, 4) is 11.4 Å². The van der Waals surface area contributed by atoms with Gasteiger partial charge in [0.2, 0.25) is 17.6 Å². The van der Waals surface area contributed by atoms with Gasteiger partial charge in [-0.1, -0.05) is 28.9 Å². The Kier molecular flexibility index (Phi) is 4.74. The van der Waals surface area contributed by atoms with Gasteiger partial charge in [0.25, 0.3) is 0 Å². The molecule has 0 fully saturated rings. The van der Waals surface area contributed by atoms with Crippen molar-refractivity contribution in [2.24, 2.45) is 0 Å². The van der Waals surface area contributed by atoms with Crippen LogP contribution in [0, 0.1) is 0 Å². The molecule has 0 N–H and O–H groups in total. The van der Waals surface area contributed by atoms with E-state index in [0.29, 0.717) is 36.0 Å². The lowest BCUT2D eigenvalue weighted by Gasteiger charge is -2.08. The lowest BCUT2D eigenvalue weighted by atomic mass is 10.2. The second kappa shape index (κ2) is 6.52. The fourth-order valence-electron chi connectivity index (χ4n) is 1.72.